The highest BCUT2D eigenvalue weighted by Gasteiger charge is 2.45. The average molecular weight is 674 g/mol. The van der Waals surface area contributed by atoms with Crippen molar-refractivity contribution in [2.75, 3.05) is 24.7 Å². The number of pyridine rings is 2. The molecule has 0 radical (unpaired) electrons. The van der Waals surface area contributed by atoms with Crippen LogP contribution in [-0.4, -0.2) is 44.6 Å². The smallest absolute Gasteiger partial charge is 0.313 e. The summed E-state index contributed by atoms with van der Waals surface area (Å²) in [5, 5.41) is 13.0. The number of carbonyl (C=O) groups is 1. The molecule has 2 aromatic carbocycles. The van der Waals surface area contributed by atoms with Crippen LogP contribution in [0, 0.1) is 5.82 Å². The van der Waals surface area contributed by atoms with Crippen molar-refractivity contribution in [1.82, 2.24) is 25.1 Å². The summed E-state index contributed by atoms with van der Waals surface area (Å²) >= 11 is 1.57. The highest BCUT2D eigenvalue weighted by molar-refractivity contribution is 7.23. The molecule has 2 aliphatic heterocycles. The fourth-order valence-electron chi connectivity index (χ4n) is 7.77. The highest BCUT2D eigenvalue weighted by atomic mass is 32.1. The van der Waals surface area contributed by atoms with Gasteiger partial charge in [0, 0.05) is 23.2 Å². The van der Waals surface area contributed by atoms with Crippen LogP contribution in [0.3, 0.4) is 0 Å². The maximum absolute atomic E-state index is 14.2. The summed E-state index contributed by atoms with van der Waals surface area (Å²) in [4.78, 5) is 27.0. The normalized spacial score (nSPS) is 17.8. The number of benzene rings is 2. The van der Waals surface area contributed by atoms with Crippen molar-refractivity contribution in [3.63, 3.8) is 0 Å². The van der Waals surface area contributed by atoms with Gasteiger partial charge in [-0.25, -0.2) is 9.37 Å². The van der Waals surface area contributed by atoms with Crippen LogP contribution in [0.2, 0.25) is 0 Å². The Hall–Kier alpha value is -5.36. The number of hydrogen-bond acceptors (Lipinski definition) is 10. The number of thiophene rings is 1. The van der Waals surface area contributed by atoms with Crippen molar-refractivity contribution in [3.05, 3.63) is 100 Å². The van der Waals surface area contributed by atoms with Crippen molar-refractivity contribution >= 4 is 39.2 Å². The van der Waals surface area contributed by atoms with Crippen molar-refractivity contribution in [1.29, 1.82) is 0 Å². The molecule has 0 bridgehead atoms. The Morgan fingerprint density at radius 2 is 1.96 bits per heavy atom. The Bertz CT molecular complexity index is 2270. The third-order valence-electron chi connectivity index (χ3n) is 10.0. The maximum Gasteiger partial charge on any atom is 0.313 e. The number of anilines is 2. The van der Waals surface area contributed by atoms with E-state index in [1.807, 2.05) is 29.3 Å². The average Bonchev–Trinajstić information content (AvgIpc) is 3.95. The van der Waals surface area contributed by atoms with Gasteiger partial charge in [-0.3, -0.25) is 9.78 Å². The van der Waals surface area contributed by atoms with Crippen LogP contribution in [0.25, 0.3) is 32.0 Å². The van der Waals surface area contributed by atoms with Crippen LogP contribution in [0.1, 0.15) is 69.8 Å². The van der Waals surface area contributed by atoms with Crippen LogP contribution in [0.4, 0.5) is 16.2 Å². The summed E-state index contributed by atoms with van der Waals surface area (Å²) in [6.45, 7) is 0.686. The van der Waals surface area contributed by atoms with Gasteiger partial charge in [0.05, 0.1) is 46.4 Å². The van der Waals surface area contributed by atoms with Gasteiger partial charge in [0.1, 0.15) is 17.4 Å². The summed E-state index contributed by atoms with van der Waals surface area (Å²) in [6, 6.07) is 16.7. The first kappa shape index (κ1) is 29.8. The van der Waals surface area contributed by atoms with E-state index in [1.54, 1.807) is 30.6 Å². The molecule has 10 nitrogen and oxygen atoms in total. The van der Waals surface area contributed by atoms with Gasteiger partial charge in [0.2, 0.25) is 0 Å². The van der Waals surface area contributed by atoms with Crippen LogP contribution in [0.15, 0.2) is 65.2 Å². The molecule has 3 aliphatic rings. The zero-order valence-corrected chi connectivity index (χ0v) is 27.5. The number of halogens is 1. The molecule has 9 rings (SSSR count). The number of methoxy groups -OCH3 is 1. The fraction of sp³-hybridized carbons (Fsp3) is 0.270. The zero-order chi connectivity index (χ0) is 33.2. The maximum atomic E-state index is 14.2. The Morgan fingerprint density at radius 3 is 2.78 bits per heavy atom. The largest absolute Gasteiger partial charge is 0.496 e. The molecule has 246 valence electrons. The minimum atomic E-state index is -0.284. The molecule has 0 saturated carbocycles. The number of nitrogen functional groups attached to an aromatic ring is 1. The van der Waals surface area contributed by atoms with E-state index >= 15 is 0 Å². The van der Waals surface area contributed by atoms with E-state index in [-0.39, 0.29) is 35.7 Å². The van der Waals surface area contributed by atoms with Gasteiger partial charge >= 0.3 is 6.01 Å². The number of carbonyl (C=O) groups excluding carboxylic acids is 1. The number of amides is 1. The molecule has 2 atom stereocenters. The molecule has 3 N–H and O–H groups in total. The van der Waals surface area contributed by atoms with Gasteiger partial charge in [-0.2, -0.15) is 0 Å². The molecular weight excluding hydrogens is 642 g/mol. The van der Waals surface area contributed by atoms with Gasteiger partial charge in [0.15, 0.2) is 0 Å². The van der Waals surface area contributed by atoms with Gasteiger partial charge in [-0.1, -0.05) is 29.4 Å². The van der Waals surface area contributed by atoms with Crippen molar-refractivity contribution in [3.8, 4) is 27.6 Å². The second kappa shape index (κ2) is 11.7. The second-order valence-corrected chi connectivity index (χ2v) is 13.8. The molecule has 1 aliphatic carbocycles. The van der Waals surface area contributed by atoms with E-state index < -0.39 is 0 Å². The molecule has 6 aromatic rings. The van der Waals surface area contributed by atoms with E-state index in [4.69, 9.17) is 24.9 Å². The second-order valence-electron chi connectivity index (χ2n) is 12.7. The van der Waals surface area contributed by atoms with Gasteiger partial charge in [-0.05, 0) is 90.9 Å². The number of hydrogen-bond donors (Lipinski definition) is 2. The van der Waals surface area contributed by atoms with E-state index in [1.165, 1.54) is 23.3 Å². The van der Waals surface area contributed by atoms with Crippen LogP contribution in [-0.2, 0) is 19.3 Å². The number of ether oxygens (including phenoxy) is 1. The van der Waals surface area contributed by atoms with E-state index in [0.717, 1.165) is 74.7 Å². The molecule has 1 fully saturated rings. The lowest BCUT2D eigenvalue weighted by Gasteiger charge is -2.16. The van der Waals surface area contributed by atoms with Crippen LogP contribution < -0.4 is 15.8 Å². The lowest BCUT2D eigenvalue weighted by molar-refractivity contribution is 0.0776. The zero-order valence-electron chi connectivity index (χ0n) is 26.7. The minimum Gasteiger partial charge on any atom is -0.496 e. The molecular formula is C37H32FN7O3S. The molecule has 6 heterocycles. The summed E-state index contributed by atoms with van der Waals surface area (Å²) in [7, 11) is 1.71. The first-order valence-electron chi connectivity index (χ1n) is 16.5. The molecule has 4 aromatic heterocycles. The Morgan fingerprint density at radius 1 is 1.08 bits per heavy atom. The summed E-state index contributed by atoms with van der Waals surface area (Å²) in [5.41, 5.74) is 12.8. The monoisotopic (exact) mass is 673 g/mol. The molecule has 0 spiro atoms. The van der Waals surface area contributed by atoms with Gasteiger partial charge < -0.3 is 25.1 Å². The number of nitrogens with two attached hydrogens (primary N) is 1. The predicted octanol–water partition coefficient (Wildman–Crippen LogP) is 7.31. The number of fused-ring (bicyclic) bond motifs is 5. The van der Waals surface area contributed by atoms with Crippen molar-refractivity contribution < 1.29 is 18.3 Å². The number of nitrogens with zero attached hydrogens (tertiary/aromatic N) is 5. The Balaban J connectivity index is 1.20. The molecule has 12 heteroatoms. The molecule has 49 heavy (non-hydrogen) atoms. The fourth-order valence-corrected chi connectivity index (χ4v) is 8.94. The van der Waals surface area contributed by atoms with E-state index in [0.29, 0.717) is 30.5 Å². The lowest BCUT2D eigenvalue weighted by Crippen LogP contribution is -2.22. The third kappa shape index (κ3) is 4.92. The topological polar surface area (TPSA) is 132 Å². The quantitative estimate of drug-likeness (QED) is 0.171. The number of aromatic nitrogens is 4. The highest BCUT2D eigenvalue weighted by Crippen LogP contribution is 2.51. The van der Waals surface area contributed by atoms with E-state index in [9.17, 15) is 9.18 Å². The molecule has 1 unspecified atom stereocenters. The first-order valence-corrected chi connectivity index (χ1v) is 17.3. The van der Waals surface area contributed by atoms with Crippen LogP contribution >= 0.6 is 11.3 Å². The van der Waals surface area contributed by atoms with Gasteiger partial charge in [0.25, 0.3) is 11.8 Å². The van der Waals surface area contributed by atoms with Crippen LogP contribution in [0.5, 0.6) is 5.75 Å². The Labute approximate surface area is 285 Å². The summed E-state index contributed by atoms with van der Waals surface area (Å²) in [5.74, 6) is 1.58. The van der Waals surface area contributed by atoms with E-state index in [2.05, 4.69) is 27.6 Å². The Kier molecular flexibility index (Phi) is 7.08. The van der Waals surface area contributed by atoms with Gasteiger partial charge in [-0.15, -0.1) is 16.4 Å². The third-order valence-corrected chi connectivity index (χ3v) is 11.2. The number of aryl methyl sites for hydroxylation is 2. The number of rotatable bonds is 8. The first-order chi connectivity index (χ1) is 24.0. The van der Waals surface area contributed by atoms with Crippen molar-refractivity contribution in [2.24, 2.45) is 0 Å². The SMILES string of the molecule is COc1cccc2c1CC[C@H]2Nc1nccc2cc(-c3c4c(nc(CCc5ccc(F)cc5)c3-c3nnc(N)o3)C3CCCN3C4=O)sc12. The predicted molar refractivity (Wildman–Crippen MR) is 185 cm³/mol. The molecule has 1 amide bonds. The minimum absolute atomic E-state index is 0.0377. The summed E-state index contributed by atoms with van der Waals surface area (Å²) < 4.78 is 26.2. The lowest BCUT2D eigenvalue weighted by atomic mass is 9.93. The summed E-state index contributed by atoms with van der Waals surface area (Å²) in [6.07, 6.45) is 6.55. The van der Waals surface area contributed by atoms with Crippen molar-refractivity contribution in [2.45, 2.75) is 50.6 Å². The standard InChI is InChI=1S/C37H32FN7O3S/c1-47-27-6-2-4-22-23(27)12-14-24(22)42-34-33-20(15-16-40-34)18-28(49-33)30-29(35-43-44-37(39)48-35)25(13-9-19-7-10-21(38)11-8-19)41-32-26-5-3-17-45(26)36(46)31(30)32/h2,4,6-8,10-11,15-16,18,24,26H,3,5,9,12-14,17H2,1H3,(H2,39,44)(H,40,42)/t24-,26?/m1/s1. The number of nitrogens with one attached hydrogen (secondary N) is 1. The molecule has 1 saturated heterocycles.